The Morgan fingerprint density at radius 2 is 1.70 bits per heavy atom. The molecular weight excluding hydrogens is 295 g/mol. The lowest BCUT2D eigenvalue weighted by Gasteiger charge is -2.19. The molecule has 0 bridgehead atoms. The van der Waals surface area contributed by atoms with Crippen molar-refractivity contribution < 1.29 is 17.2 Å². The van der Waals surface area contributed by atoms with E-state index in [-0.39, 0.29) is 18.3 Å². The van der Waals surface area contributed by atoms with Crippen LogP contribution in [0.1, 0.15) is 32.1 Å². The highest BCUT2D eigenvalue weighted by Crippen LogP contribution is 2.14. The number of carbonyl (C=O) groups is 1. The first-order chi connectivity index (χ1) is 9.24. The van der Waals surface area contributed by atoms with Gasteiger partial charge in [0.05, 0.1) is 0 Å². The largest absolute Gasteiger partial charge is 1.00 e. The van der Waals surface area contributed by atoms with E-state index >= 15 is 0 Å². The van der Waals surface area contributed by atoms with Crippen LogP contribution in [0.15, 0.2) is 24.3 Å². The predicted octanol–water partition coefficient (Wildman–Crippen LogP) is 0.549. The predicted molar refractivity (Wildman–Crippen MR) is 79.6 cm³/mol. The molecule has 1 fully saturated rings. The third-order valence-corrected chi connectivity index (χ3v) is 3.73. The normalized spacial score (nSPS) is 16.1. The quantitative estimate of drug-likeness (QED) is 0.880. The van der Waals surface area contributed by atoms with E-state index in [4.69, 9.17) is 11.6 Å². The average molecular weight is 316 g/mol. The van der Waals surface area contributed by atoms with Crippen LogP contribution in [0.3, 0.4) is 0 Å². The molecule has 1 N–H and O–H groups in total. The SMILES string of the molecule is O=C(CCN1CCCCCC1)Nc1ccc(Cl)cc1.[Cl-]. The second-order valence-corrected chi connectivity index (χ2v) is 5.50. The summed E-state index contributed by atoms with van der Waals surface area (Å²) in [5.41, 5.74) is 0.810. The molecule has 1 heterocycles. The molecule has 1 aliphatic rings. The molecule has 0 atom stereocenters. The fraction of sp³-hybridized carbons (Fsp3) is 0.533. The number of nitrogens with one attached hydrogen (secondary N) is 1. The number of carbonyl (C=O) groups excluding carboxylic acids is 1. The average Bonchev–Trinajstić information content (AvgIpc) is 2.68. The summed E-state index contributed by atoms with van der Waals surface area (Å²) in [6.07, 6.45) is 5.74. The summed E-state index contributed by atoms with van der Waals surface area (Å²) in [5.74, 6) is 0.0755. The van der Waals surface area contributed by atoms with E-state index in [0.717, 1.165) is 25.3 Å². The molecule has 0 radical (unpaired) electrons. The van der Waals surface area contributed by atoms with Crippen LogP contribution in [-0.2, 0) is 4.79 Å². The third-order valence-electron chi connectivity index (χ3n) is 3.48. The first-order valence-corrected chi connectivity index (χ1v) is 7.39. The van der Waals surface area contributed by atoms with Gasteiger partial charge in [-0.15, -0.1) is 0 Å². The maximum Gasteiger partial charge on any atom is 0.225 e. The zero-order valence-corrected chi connectivity index (χ0v) is 13.1. The Bertz CT molecular complexity index is 401. The zero-order chi connectivity index (χ0) is 13.5. The molecule has 5 heteroatoms. The van der Waals surface area contributed by atoms with Crippen LogP contribution in [-0.4, -0.2) is 30.4 Å². The van der Waals surface area contributed by atoms with Crippen molar-refractivity contribution in [3.63, 3.8) is 0 Å². The molecule has 0 saturated carbocycles. The van der Waals surface area contributed by atoms with Crippen molar-refractivity contribution in [3.05, 3.63) is 29.3 Å². The molecule has 0 aromatic heterocycles. The zero-order valence-electron chi connectivity index (χ0n) is 11.6. The molecule has 112 valence electrons. The standard InChI is InChI=1S/C15H21ClN2O.ClH/c16-13-5-7-14(8-6-13)17-15(19)9-12-18-10-3-1-2-4-11-18;/h5-8H,1-4,9-12H2,(H,17,19);1H/p-1. The van der Waals surface area contributed by atoms with E-state index in [0.29, 0.717) is 11.4 Å². The number of halogens is 2. The molecule has 1 aliphatic heterocycles. The summed E-state index contributed by atoms with van der Waals surface area (Å²) < 4.78 is 0. The lowest BCUT2D eigenvalue weighted by atomic mass is 10.2. The summed E-state index contributed by atoms with van der Waals surface area (Å²) in [6.45, 7) is 3.13. The number of hydrogen-bond acceptors (Lipinski definition) is 2. The number of anilines is 1. The molecular formula is C15H21Cl2N2O-. The van der Waals surface area contributed by atoms with E-state index in [1.807, 2.05) is 12.1 Å². The molecule has 20 heavy (non-hydrogen) atoms. The van der Waals surface area contributed by atoms with E-state index in [2.05, 4.69) is 10.2 Å². The topological polar surface area (TPSA) is 32.3 Å². The van der Waals surface area contributed by atoms with Gasteiger partial charge in [-0.2, -0.15) is 0 Å². The minimum absolute atomic E-state index is 0. The first kappa shape index (κ1) is 17.3. The van der Waals surface area contributed by atoms with Gasteiger partial charge in [-0.05, 0) is 50.2 Å². The summed E-state index contributed by atoms with van der Waals surface area (Å²) in [6, 6.07) is 7.22. The number of likely N-dealkylation sites (tertiary alicyclic amines) is 1. The highest BCUT2D eigenvalue weighted by atomic mass is 35.5. The van der Waals surface area contributed by atoms with Gasteiger partial charge in [0.15, 0.2) is 0 Å². The summed E-state index contributed by atoms with van der Waals surface area (Å²) in [5, 5.41) is 3.58. The van der Waals surface area contributed by atoms with E-state index in [9.17, 15) is 4.79 Å². The van der Waals surface area contributed by atoms with Crippen molar-refractivity contribution in [3.8, 4) is 0 Å². The van der Waals surface area contributed by atoms with Crippen LogP contribution in [0.25, 0.3) is 0 Å². The van der Waals surface area contributed by atoms with Crippen LogP contribution in [0, 0.1) is 0 Å². The molecule has 0 aliphatic carbocycles. The molecule has 1 amide bonds. The Labute approximate surface area is 132 Å². The van der Waals surface area contributed by atoms with Crippen molar-refractivity contribution in [2.45, 2.75) is 32.1 Å². The number of hydrogen-bond donors (Lipinski definition) is 1. The Balaban J connectivity index is 0.00000200. The van der Waals surface area contributed by atoms with Gasteiger partial charge in [0.25, 0.3) is 0 Å². The lowest BCUT2D eigenvalue weighted by molar-refractivity contribution is -0.116. The van der Waals surface area contributed by atoms with Crippen molar-refractivity contribution in [1.29, 1.82) is 0 Å². The molecule has 3 nitrogen and oxygen atoms in total. The van der Waals surface area contributed by atoms with Gasteiger partial charge in [0.1, 0.15) is 0 Å². The second-order valence-electron chi connectivity index (χ2n) is 5.06. The van der Waals surface area contributed by atoms with Crippen molar-refractivity contribution in [2.24, 2.45) is 0 Å². The minimum Gasteiger partial charge on any atom is -1.00 e. The summed E-state index contributed by atoms with van der Waals surface area (Å²) in [7, 11) is 0. The van der Waals surface area contributed by atoms with Crippen molar-refractivity contribution in [2.75, 3.05) is 25.0 Å². The van der Waals surface area contributed by atoms with E-state index in [1.54, 1.807) is 12.1 Å². The van der Waals surface area contributed by atoms with Gasteiger partial charge in [0, 0.05) is 23.7 Å². The molecule has 1 saturated heterocycles. The number of nitrogens with zero attached hydrogens (tertiary/aromatic N) is 1. The Morgan fingerprint density at radius 1 is 1.10 bits per heavy atom. The van der Waals surface area contributed by atoms with Crippen molar-refractivity contribution >= 4 is 23.2 Å². The van der Waals surface area contributed by atoms with Crippen LogP contribution in [0.4, 0.5) is 5.69 Å². The first-order valence-electron chi connectivity index (χ1n) is 7.02. The summed E-state index contributed by atoms with van der Waals surface area (Å²) >= 11 is 5.81. The van der Waals surface area contributed by atoms with Gasteiger partial charge in [-0.3, -0.25) is 4.79 Å². The van der Waals surface area contributed by atoms with Crippen LogP contribution in [0.2, 0.25) is 5.02 Å². The molecule has 1 aromatic rings. The third kappa shape index (κ3) is 6.12. The van der Waals surface area contributed by atoms with Gasteiger partial charge in [0.2, 0.25) is 5.91 Å². The van der Waals surface area contributed by atoms with Crippen LogP contribution >= 0.6 is 11.6 Å². The van der Waals surface area contributed by atoms with E-state index in [1.165, 1.54) is 25.7 Å². The molecule has 0 spiro atoms. The maximum atomic E-state index is 11.9. The molecule has 0 unspecified atom stereocenters. The van der Waals surface area contributed by atoms with Gasteiger partial charge >= 0.3 is 0 Å². The number of benzene rings is 1. The maximum absolute atomic E-state index is 11.9. The Kier molecular flexibility index (Phi) is 7.97. The van der Waals surface area contributed by atoms with Crippen LogP contribution in [0.5, 0.6) is 0 Å². The van der Waals surface area contributed by atoms with Gasteiger partial charge in [-0.25, -0.2) is 0 Å². The fourth-order valence-electron chi connectivity index (χ4n) is 2.38. The smallest absolute Gasteiger partial charge is 0.225 e. The fourth-order valence-corrected chi connectivity index (χ4v) is 2.50. The monoisotopic (exact) mass is 315 g/mol. The molecule has 2 rings (SSSR count). The molecule has 1 aromatic carbocycles. The van der Waals surface area contributed by atoms with Gasteiger partial charge < -0.3 is 22.6 Å². The summed E-state index contributed by atoms with van der Waals surface area (Å²) in [4.78, 5) is 14.3. The van der Waals surface area contributed by atoms with Crippen LogP contribution < -0.4 is 17.7 Å². The number of amides is 1. The number of rotatable bonds is 4. The lowest BCUT2D eigenvalue weighted by Crippen LogP contribution is -3.00. The Hall–Kier alpha value is -0.770. The highest BCUT2D eigenvalue weighted by molar-refractivity contribution is 6.30. The second kappa shape index (κ2) is 9.22. The van der Waals surface area contributed by atoms with Gasteiger partial charge in [-0.1, -0.05) is 24.4 Å². The van der Waals surface area contributed by atoms with Crippen molar-refractivity contribution in [1.82, 2.24) is 4.90 Å². The Morgan fingerprint density at radius 3 is 2.30 bits per heavy atom. The highest BCUT2D eigenvalue weighted by Gasteiger charge is 2.10. The van der Waals surface area contributed by atoms with E-state index < -0.39 is 0 Å². The minimum atomic E-state index is 0.